The van der Waals surface area contributed by atoms with Gasteiger partial charge in [0.25, 0.3) is 0 Å². The topological polar surface area (TPSA) is 93.4 Å². The van der Waals surface area contributed by atoms with Crippen LogP contribution in [-0.4, -0.2) is 84.9 Å². The van der Waals surface area contributed by atoms with E-state index in [1.54, 1.807) is 6.33 Å². The predicted octanol–water partition coefficient (Wildman–Crippen LogP) is 2.75. The van der Waals surface area contributed by atoms with Crippen LogP contribution in [0.4, 0.5) is 17.3 Å². The van der Waals surface area contributed by atoms with Crippen LogP contribution < -0.4 is 15.1 Å². The molecule has 0 unspecified atom stereocenters. The Bertz CT molecular complexity index is 1220. The van der Waals surface area contributed by atoms with Crippen molar-refractivity contribution in [3.63, 3.8) is 0 Å². The van der Waals surface area contributed by atoms with Gasteiger partial charge in [0.1, 0.15) is 18.0 Å². The third-order valence-electron chi connectivity index (χ3n) is 7.61. The summed E-state index contributed by atoms with van der Waals surface area (Å²) in [5.74, 6) is 2.59. The number of fused-ring (bicyclic) bond motifs is 1. The second-order valence-electron chi connectivity index (χ2n) is 10.0. The fraction of sp³-hybridized carbons (Fsp3) is 0.481. The first kappa shape index (κ1) is 23.0. The van der Waals surface area contributed by atoms with Gasteiger partial charge < -0.3 is 24.8 Å². The van der Waals surface area contributed by atoms with Crippen LogP contribution in [-0.2, 0) is 4.74 Å². The second-order valence-corrected chi connectivity index (χ2v) is 10.0. The number of nitrogens with zero attached hydrogens (tertiary/aromatic N) is 7. The minimum absolute atomic E-state index is 0.413. The zero-order valence-corrected chi connectivity index (χ0v) is 20.5. The summed E-state index contributed by atoms with van der Waals surface area (Å²) < 4.78 is 5.49. The Morgan fingerprint density at radius 1 is 0.972 bits per heavy atom. The number of ether oxygens (including phenoxy) is 1. The lowest BCUT2D eigenvalue weighted by Gasteiger charge is -2.44. The summed E-state index contributed by atoms with van der Waals surface area (Å²) in [6.07, 6.45) is 5.71. The molecule has 2 aromatic heterocycles. The average molecular weight is 485 g/mol. The van der Waals surface area contributed by atoms with Gasteiger partial charge in [-0.15, -0.1) is 0 Å². The number of hydrogen-bond acceptors (Lipinski definition) is 9. The molecule has 5 heterocycles. The molecule has 186 valence electrons. The maximum atomic E-state index is 8.98. The lowest BCUT2D eigenvalue weighted by molar-refractivity contribution is 0.122. The van der Waals surface area contributed by atoms with Crippen LogP contribution in [0.3, 0.4) is 0 Å². The zero-order valence-electron chi connectivity index (χ0n) is 20.5. The molecule has 0 saturated carbocycles. The van der Waals surface area contributed by atoms with Crippen molar-refractivity contribution in [2.75, 3.05) is 74.1 Å². The molecular formula is C27H32N8O. The van der Waals surface area contributed by atoms with Gasteiger partial charge in [0, 0.05) is 68.8 Å². The van der Waals surface area contributed by atoms with Crippen LogP contribution in [0.2, 0.25) is 0 Å². The molecule has 0 radical (unpaired) electrons. The van der Waals surface area contributed by atoms with Crippen molar-refractivity contribution in [1.82, 2.24) is 19.9 Å². The van der Waals surface area contributed by atoms with Crippen LogP contribution in [0.1, 0.15) is 18.4 Å². The molecule has 36 heavy (non-hydrogen) atoms. The lowest BCUT2D eigenvalue weighted by Crippen LogP contribution is -2.53. The predicted molar refractivity (Wildman–Crippen MR) is 140 cm³/mol. The molecule has 9 heteroatoms. The fourth-order valence-electron chi connectivity index (χ4n) is 5.49. The van der Waals surface area contributed by atoms with Gasteiger partial charge in [-0.05, 0) is 43.2 Å². The summed E-state index contributed by atoms with van der Waals surface area (Å²) >= 11 is 0. The second kappa shape index (κ2) is 10.2. The maximum Gasteiger partial charge on any atom is 0.137 e. The van der Waals surface area contributed by atoms with Crippen LogP contribution >= 0.6 is 0 Å². The summed E-state index contributed by atoms with van der Waals surface area (Å²) in [6.45, 7) is 8.76. The van der Waals surface area contributed by atoms with E-state index in [0.717, 1.165) is 100.0 Å². The van der Waals surface area contributed by atoms with E-state index in [2.05, 4.69) is 59.2 Å². The normalized spacial score (nSPS) is 19.8. The van der Waals surface area contributed by atoms with E-state index >= 15 is 0 Å². The number of hydrogen-bond donors (Lipinski definition) is 1. The first-order chi connectivity index (χ1) is 17.7. The van der Waals surface area contributed by atoms with Gasteiger partial charge in [0.05, 0.1) is 36.6 Å². The van der Waals surface area contributed by atoms with E-state index in [-0.39, 0.29) is 0 Å². The summed E-state index contributed by atoms with van der Waals surface area (Å²) in [6, 6.07) is 12.6. The van der Waals surface area contributed by atoms with Crippen molar-refractivity contribution in [2.24, 2.45) is 5.92 Å². The molecule has 0 amide bonds. The fourth-order valence-corrected chi connectivity index (χ4v) is 5.49. The monoisotopic (exact) mass is 484 g/mol. The molecule has 0 atom stereocenters. The number of nitriles is 1. The highest BCUT2D eigenvalue weighted by molar-refractivity contribution is 5.90. The number of pyridine rings is 1. The van der Waals surface area contributed by atoms with E-state index in [9.17, 15) is 0 Å². The molecular weight excluding hydrogens is 452 g/mol. The number of rotatable bonds is 6. The lowest BCUT2D eigenvalue weighted by atomic mass is 9.96. The van der Waals surface area contributed by atoms with E-state index in [1.165, 1.54) is 5.69 Å². The highest BCUT2D eigenvalue weighted by Gasteiger charge is 2.30. The Morgan fingerprint density at radius 2 is 1.75 bits per heavy atom. The Morgan fingerprint density at radius 3 is 2.50 bits per heavy atom. The molecule has 3 saturated heterocycles. The molecule has 0 spiro atoms. The Kier molecular flexibility index (Phi) is 6.53. The minimum Gasteiger partial charge on any atom is -0.378 e. The van der Waals surface area contributed by atoms with Crippen LogP contribution in [0.25, 0.3) is 10.9 Å². The third kappa shape index (κ3) is 4.92. The van der Waals surface area contributed by atoms with Gasteiger partial charge in [-0.25, -0.2) is 15.0 Å². The molecule has 3 aliphatic rings. The molecule has 1 aromatic carbocycles. The number of nitrogens with one attached hydrogen (secondary N) is 1. The molecule has 0 bridgehead atoms. The number of aromatic nitrogens is 3. The van der Waals surface area contributed by atoms with Crippen molar-refractivity contribution in [1.29, 1.82) is 5.26 Å². The molecule has 3 aromatic rings. The van der Waals surface area contributed by atoms with Gasteiger partial charge in [0.15, 0.2) is 0 Å². The average Bonchev–Trinajstić information content (AvgIpc) is 2.92. The van der Waals surface area contributed by atoms with E-state index < -0.39 is 0 Å². The molecule has 3 fully saturated rings. The third-order valence-corrected chi connectivity index (χ3v) is 7.61. The largest absolute Gasteiger partial charge is 0.378 e. The van der Waals surface area contributed by atoms with E-state index in [4.69, 9.17) is 10.00 Å². The van der Waals surface area contributed by atoms with Crippen molar-refractivity contribution < 1.29 is 4.74 Å². The van der Waals surface area contributed by atoms with Gasteiger partial charge in [-0.1, -0.05) is 0 Å². The molecule has 0 aliphatic carbocycles. The number of benzene rings is 1. The summed E-state index contributed by atoms with van der Waals surface area (Å²) in [5.41, 5.74) is 2.81. The first-order valence-corrected chi connectivity index (χ1v) is 12.9. The van der Waals surface area contributed by atoms with Crippen LogP contribution in [0.5, 0.6) is 0 Å². The quantitative estimate of drug-likeness (QED) is 0.567. The minimum atomic E-state index is 0.413. The number of morpholine rings is 1. The number of piperidine rings is 1. The standard InChI is InChI=1S/C27H32N8O/c28-14-20-1-3-23(4-2-20)35-17-21(18-35)16-33-7-5-22(6-8-33)32-27-24-13-26(34-9-11-36-12-10-34)29-15-25(24)30-19-31-27/h1-4,13,15,19,21-22H,5-12,16-18H2,(H,30,31,32). The zero-order chi connectivity index (χ0) is 24.3. The van der Waals surface area contributed by atoms with Crippen molar-refractivity contribution in [3.05, 3.63) is 48.4 Å². The number of anilines is 3. The van der Waals surface area contributed by atoms with Crippen molar-refractivity contribution in [2.45, 2.75) is 18.9 Å². The molecule has 3 aliphatic heterocycles. The van der Waals surface area contributed by atoms with Crippen molar-refractivity contribution in [3.8, 4) is 6.07 Å². The highest BCUT2D eigenvalue weighted by Crippen LogP contribution is 2.28. The molecule has 6 rings (SSSR count). The maximum absolute atomic E-state index is 8.98. The molecule has 1 N–H and O–H groups in total. The van der Waals surface area contributed by atoms with Gasteiger partial charge >= 0.3 is 0 Å². The van der Waals surface area contributed by atoms with E-state index in [0.29, 0.717) is 12.0 Å². The summed E-state index contributed by atoms with van der Waals surface area (Å²) in [5, 5.41) is 13.7. The van der Waals surface area contributed by atoms with Gasteiger partial charge in [-0.2, -0.15) is 5.26 Å². The highest BCUT2D eigenvalue weighted by atomic mass is 16.5. The SMILES string of the molecule is N#Cc1ccc(N2CC(CN3CCC(Nc4ncnc5cnc(N6CCOCC6)cc45)CC3)C2)cc1. The molecule has 9 nitrogen and oxygen atoms in total. The summed E-state index contributed by atoms with van der Waals surface area (Å²) in [4.78, 5) is 20.9. The first-order valence-electron chi connectivity index (χ1n) is 12.9. The van der Waals surface area contributed by atoms with Crippen molar-refractivity contribution >= 4 is 28.2 Å². The smallest absolute Gasteiger partial charge is 0.137 e. The Labute approximate surface area is 211 Å². The van der Waals surface area contributed by atoms with Gasteiger partial charge in [-0.3, -0.25) is 0 Å². The Balaban J connectivity index is 1.01. The van der Waals surface area contributed by atoms with Crippen LogP contribution in [0, 0.1) is 17.2 Å². The van der Waals surface area contributed by atoms with Crippen LogP contribution in [0.15, 0.2) is 42.9 Å². The Hall–Kier alpha value is -3.48. The summed E-state index contributed by atoms with van der Waals surface area (Å²) in [7, 11) is 0. The van der Waals surface area contributed by atoms with E-state index in [1.807, 2.05) is 18.3 Å². The number of likely N-dealkylation sites (tertiary alicyclic amines) is 1. The van der Waals surface area contributed by atoms with Gasteiger partial charge in [0.2, 0.25) is 0 Å².